The summed E-state index contributed by atoms with van der Waals surface area (Å²) in [5, 5.41) is 2.71. The van der Waals surface area contributed by atoms with Gasteiger partial charge < -0.3 is 9.80 Å². The predicted molar refractivity (Wildman–Crippen MR) is 129 cm³/mol. The number of carbonyl (C=O) groups excluding carboxylic acids is 1. The van der Waals surface area contributed by atoms with Crippen molar-refractivity contribution in [2.75, 3.05) is 47.6 Å². The zero-order chi connectivity index (χ0) is 24.8. The van der Waals surface area contributed by atoms with Gasteiger partial charge in [0.15, 0.2) is 9.84 Å². The van der Waals surface area contributed by atoms with E-state index in [0.29, 0.717) is 22.5 Å². The van der Waals surface area contributed by atoms with Gasteiger partial charge in [0.1, 0.15) is 5.82 Å². The van der Waals surface area contributed by atoms with E-state index in [9.17, 15) is 22.0 Å². The number of hydrogen-bond acceptors (Lipinski definition) is 7. The molecule has 1 amide bonds. The lowest BCUT2D eigenvalue weighted by Crippen LogP contribution is -2.39. The molecule has 0 atom stereocenters. The van der Waals surface area contributed by atoms with E-state index < -0.39 is 21.7 Å². The van der Waals surface area contributed by atoms with Crippen molar-refractivity contribution in [1.29, 1.82) is 0 Å². The van der Waals surface area contributed by atoms with Crippen LogP contribution in [0.2, 0.25) is 0 Å². The highest BCUT2D eigenvalue weighted by atomic mass is 32.2. The number of aromatic nitrogens is 2. The van der Waals surface area contributed by atoms with E-state index in [1.165, 1.54) is 31.2 Å². The van der Waals surface area contributed by atoms with Gasteiger partial charge in [-0.25, -0.2) is 22.2 Å². The van der Waals surface area contributed by atoms with E-state index in [1.807, 2.05) is 0 Å². The van der Waals surface area contributed by atoms with Gasteiger partial charge in [-0.05, 0) is 55.4 Å². The van der Waals surface area contributed by atoms with Crippen molar-refractivity contribution in [3.63, 3.8) is 0 Å². The van der Waals surface area contributed by atoms with Crippen LogP contribution in [0, 0.1) is 5.41 Å². The van der Waals surface area contributed by atoms with Crippen LogP contribution in [0.5, 0.6) is 0 Å². The van der Waals surface area contributed by atoms with Crippen molar-refractivity contribution in [3.8, 4) is 0 Å². The minimum atomic E-state index is -3.44. The van der Waals surface area contributed by atoms with Crippen molar-refractivity contribution in [2.45, 2.75) is 49.3 Å². The molecule has 188 valence electrons. The summed E-state index contributed by atoms with van der Waals surface area (Å²) in [5.41, 5.74) is 1.35. The molecule has 1 aromatic heterocycles. The maximum atomic E-state index is 13.5. The highest BCUT2D eigenvalue weighted by molar-refractivity contribution is 7.90. The summed E-state index contributed by atoms with van der Waals surface area (Å²) in [6, 6.07) is 6.16. The van der Waals surface area contributed by atoms with Crippen molar-refractivity contribution in [1.82, 2.24) is 9.97 Å². The molecule has 0 unspecified atom stereocenters. The molecule has 2 aromatic rings. The quantitative estimate of drug-likeness (QED) is 0.661. The molecule has 8 nitrogen and oxygen atoms in total. The van der Waals surface area contributed by atoms with Crippen LogP contribution in [-0.4, -0.2) is 62.7 Å². The van der Waals surface area contributed by atoms with Crippen LogP contribution in [0.1, 0.15) is 48.9 Å². The molecule has 5 rings (SSSR count). The van der Waals surface area contributed by atoms with Gasteiger partial charge in [0.05, 0.1) is 16.1 Å². The van der Waals surface area contributed by atoms with Gasteiger partial charge in [-0.15, -0.1) is 0 Å². The first-order chi connectivity index (χ1) is 16.5. The second-order valence-corrected chi connectivity index (χ2v) is 12.0. The molecule has 1 aliphatic carbocycles. The lowest BCUT2D eigenvalue weighted by molar-refractivity contribution is -0.0221. The molecule has 1 aromatic carbocycles. The zero-order valence-corrected chi connectivity index (χ0v) is 20.5. The van der Waals surface area contributed by atoms with Gasteiger partial charge >= 0.3 is 0 Å². The monoisotopic (exact) mass is 505 g/mol. The maximum absolute atomic E-state index is 13.5. The van der Waals surface area contributed by atoms with Gasteiger partial charge in [0, 0.05) is 51.5 Å². The van der Waals surface area contributed by atoms with E-state index >= 15 is 0 Å². The van der Waals surface area contributed by atoms with Crippen LogP contribution in [0.4, 0.5) is 26.2 Å². The number of carbonyl (C=O) groups is 1. The van der Waals surface area contributed by atoms with Crippen LogP contribution in [0.3, 0.4) is 0 Å². The maximum Gasteiger partial charge on any atom is 0.260 e. The number of nitrogens with zero attached hydrogens (tertiary/aromatic N) is 4. The fraction of sp³-hybridized carbons (Fsp3) is 0.542. The molecule has 11 heteroatoms. The van der Waals surface area contributed by atoms with E-state index in [1.54, 1.807) is 17.0 Å². The Labute approximate surface area is 203 Å². The first-order valence-corrected chi connectivity index (χ1v) is 13.8. The Kier molecular flexibility index (Phi) is 5.93. The van der Waals surface area contributed by atoms with E-state index in [4.69, 9.17) is 0 Å². The number of piperidine rings is 2. The van der Waals surface area contributed by atoms with Gasteiger partial charge in [-0.1, -0.05) is 0 Å². The molecule has 2 aliphatic heterocycles. The fourth-order valence-electron chi connectivity index (χ4n) is 4.91. The average Bonchev–Trinajstić information content (AvgIpc) is 3.57. The number of amides is 1. The van der Waals surface area contributed by atoms with Gasteiger partial charge in [-0.3, -0.25) is 10.1 Å². The van der Waals surface area contributed by atoms with Crippen LogP contribution >= 0.6 is 0 Å². The van der Waals surface area contributed by atoms with Crippen molar-refractivity contribution >= 4 is 33.2 Å². The molecule has 3 aliphatic rings. The lowest BCUT2D eigenvalue weighted by atomic mass is 9.93. The number of anilines is 3. The Bertz CT molecular complexity index is 1230. The Morgan fingerprint density at radius 2 is 1.63 bits per heavy atom. The molecule has 1 spiro atoms. The number of benzene rings is 1. The SMILES string of the molecule is CS(=O)(=O)c1ccc(C(=O)Nc2nccc(N3CCC(F)(F)CC3)n2)c(N2CCC3(CC2)CC3)c1. The van der Waals surface area contributed by atoms with Crippen LogP contribution in [-0.2, 0) is 9.84 Å². The molecular weight excluding hydrogens is 476 g/mol. The van der Waals surface area contributed by atoms with Crippen LogP contribution < -0.4 is 15.1 Å². The smallest absolute Gasteiger partial charge is 0.260 e. The molecule has 1 saturated carbocycles. The third-order valence-electron chi connectivity index (χ3n) is 7.45. The number of halogens is 2. The van der Waals surface area contributed by atoms with Crippen molar-refractivity contribution in [3.05, 3.63) is 36.0 Å². The number of alkyl halides is 2. The number of hydrogen-bond donors (Lipinski definition) is 1. The molecule has 1 N–H and O–H groups in total. The highest BCUT2D eigenvalue weighted by Gasteiger charge is 2.44. The Morgan fingerprint density at radius 1 is 0.971 bits per heavy atom. The summed E-state index contributed by atoms with van der Waals surface area (Å²) < 4.78 is 51.4. The van der Waals surface area contributed by atoms with Crippen LogP contribution in [0.25, 0.3) is 0 Å². The Hall–Kier alpha value is -2.82. The number of sulfone groups is 1. The first kappa shape index (κ1) is 23.9. The molecule has 35 heavy (non-hydrogen) atoms. The third-order valence-corrected chi connectivity index (χ3v) is 8.56. The van der Waals surface area contributed by atoms with Gasteiger partial charge in [0.2, 0.25) is 5.95 Å². The Morgan fingerprint density at radius 3 is 2.26 bits per heavy atom. The van der Waals surface area contributed by atoms with Gasteiger partial charge in [-0.2, -0.15) is 4.98 Å². The predicted octanol–water partition coefficient (Wildman–Crippen LogP) is 3.75. The highest BCUT2D eigenvalue weighted by Crippen LogP contribution is 2.54. The molecule has 2 saturated heterocycles. The molecule has 3 heterocycles. The van der Waals surface area contributed by atoms with E-state index in [-0.39, 0.29) is 36.8 Å². The minimum Gasteiger partial charge on any atom is -0.371 e. The summed E-state index contributed by atoms with van der Waals surface area (Å²) in [6.07, 6.45) is 6.67. The van der Waals surface area contributed by atoms with Crippen molar-refractivity contribution < 1.29 is 22.0 Å². The first-order valence-electron chi connectivity index (χ1n) is 11.9. The van der Waals surface area contributed by atoms with Crippen molar-refractivity contribution in [2.24, 2.45) is 5.41 Å². The number of nitrogens with one attached hydrogen (secondary N) is 1. The second-order valence-electron chi connectivity index (χ2n) is 9.97. The summed E-state index contributed by atoms with van der Waals surface area (Å²) in [4.78, 5) is 25.8. The van der Waals surface area contributed by atoms with E-state index in [0.717, 1.165) is 32.2 Å². The summed E-state index contributed by atoms with van der Waals surface area (Å²) >= 11 is 0. The summed E-state index contributed by atoms with van der Waals surface area (Å²) in [7, 11) is -3.44. The standard InChI is InChI=1S/C24H29F2N5O3S/c1-35(33,34)17-2-3-18(19(16-17)30-12-7-23(5-6-23)8-13-30)21(32)29-22-27-11-4-20(28-22)31-14-9-24(25,26)10-15-31/h2-4,11,16H,5-10,12-15H2,1H3,(H,27,28,29,32). The lowest BCUT2D eigenvalue weighted by Gasteiger charge is -2.35. The summed E-state index contributed by atoms with van der Waals surface area (Å²) in [6.45, 7) is 1.87. The average molecular weight is 506 g/mol. The fourth-order valence-corrected chi connectivity index (χ4v) is 5.55. The van der Waals surface area contributed by atoms with E-state index in [2.05, 4.69) is 20.2 Å². The molecule has 3 fully saturated rings. The van der Waals surface area contributed by atoms with Crippen LogP contribution in [0.15, 0.2) is 35.4 Å². The molecule has 0 radical (unpaired) electrons. The summed E-state index contributed by atoms with van der Waals surface area (Å²) in [5.74, 6) is -2.57. The molecular formula is C24H29F2N5O3S. The zero-order valence-electron chi connectivity index (χ0n) is 19.6. The Balaban J connectivity index is 1.37. The van der Waals surface area contributed by atoms with Gasteiger partial charge in [0.25, 0.3) is 11.8 Å². The third kappa shape index (κ3) is 5.24. The molecule has 0 bridgehead atoms. The minimum absolute atomic E-state index is 0.0681. The normalized spacial score (nSPS) is 21.1. The largest absolute Gasteiger partial charge is 0.371 e. The number of rotatable bonds is 5. The second kappa shape index (κ2) is 8.69. The topological polar surface area (TPSA) is 95.5 Å².